The van der Waals surface area contributed by atoms with E-state index < -0.39 is 5.91 Å². The molecule has 0 spiro atoms. The molecule has 1 saturated carbocycles. The minimum atomic E-state index is -0.417. The van der Waals surface area contributed by atoms with Crippen LogP contribution in [0.2, 0.25) is 0 Å². The summed E-state index contributed by atoms with van der Waals surface area (Å²) in [6.45, 7) is 0.565. The lowest BCUT2D eigenvalue weighted by molar-refractivity contribution is 0.100. The van der Waals surface area contributed by atoms with E-state index in [2.05, 4.69) is 21.2 Å². The van der Waals surface area contributed by atoms with Crippen LogP contribution in [0, 0.1) is 5.92 Å². The van der Waals surface area contributed by atoms with E-state index in [4.69, 9.17) is 11.5 Å². The van der Waals surface area contributed by atoms with Crippen LogP contribution in [-0.4, -0.2) is 18.5 Å². The van der Waals surface area contributed by atoms with Gasteiger partial charge in [-0.3, -0.25) is 4.79 Å². The maximum Gasteiger partial charge on any atom is 0.250 e. The van der Waals surface area contributed by atoms with E-state index in [9.17, 15) is 4.79 Å². The second-order valence-corrected chi connectivity index (χ2v) is 6.35. The molecule has 5 N–H and O–H groups in total. The van der Waals surface area contributed by atoms with Crippen LogP contribution >= 0.6 is 15.9 Å². The molecule has 1 fully saturated rings. The Morgan fingerprint density at radius 2 is 2.05 bits per heavy atom. The van der Waals surface area contributed by atoms with E-state index >= 15 is 0 Å². The molecule has 1 aliphatic carbocycles. The molecule has 1 aromatic rings. The van der Waals surface area contributed by atoms with E-state index in [0.29, 0.717) is 18.0 Å². The fourth-order valence-corrected chi connectivity index (χ4v) is 3.32. The van der Waals surface area contributed by atoms with Crippen LogP contribution in [-0.2, 0) is 0 Å². The van der Waals surface area contributed by atoms with Crippen LogP contribution in [0.15, 0.2) is 22.7 Å². The smallest absolute Gasteiger partial charge is 0.250 e. The summed E-state index contributed by atoms with van der Waals surface area (Å²) in [4.78, 5) is 11.5. The molecule has 0 heterocycles. The van der Waals surface area contributed by atoms with Gasteiger partial charge in [-0.15, -0.1) is 0 Å². The molecular weight excluding hydrogens is 318 g/mol. The third kappa shape index (κ3) is 3.73. The quantitative estimate of drug-likeness (QED) is 0.771. The predicted octanol–water partition coefficient (Wildman–Crippen LogP) is 2.87. The summed E-state index contributed by atoms with van der Waals surface area (Å²) < 4.78 is 0.921. The highest BCUT2D eigenvalue weighted by atomic mass is 79.9. The second-order valence-electron chi connectivity index (χ2n) is 5.44. The summed E-state index contributed by atoms with van der Waals surface area (Å²) in [5, 5.41) is 3.43. The number of hydrogen-bond donors (Lipinski definition) is 3. The van der Waals surface area contributed by atoms with Crippen molar-refractivity contribution in [1.29, 1.82) is 0 Å². The number of nitrogens with one attached hydrogen (secondary N) is 1. The van der Waals surface area contributed by atoms with Gasteiger partial charge < -0.3 is 16.8 Å². The zero-order chi connectivity index (χ0) is 14.5. The fraction of sp³-hybridized carbons (Fsp3) is 0.533. The monoisotopic (exact) mass is 339 g/mol. The number of rotatable bonds is 5. The lowest BCUT2D eigenvalue weighted by Crippen LogP contribution is -2.38. The highest BCUT2D eigenvalue weighted by Crippen LogP contribution is 2.29. The van der Waals surface area contributed by atoms with Gasteiger partial charge in [0, 0.05) is 22.7 Å². The Kier molecular flexibility index (Phi) is 5.43. The molecule has 0 aliphatic heterocycles. The van der Waals surface area contributed by atoms with Crippen molar-refractivity contribution in [3.8, 4) is 0 Å². The summed E-state index contributed by atoms with van der Waals surface area (Å²) >= 11 is 3.43. The first-order valence-electron chi connectivity index (χ1n) is 7.17. The Hall–Kier alpha value is -1.07. The summed E-state index contributed by atoms with van der Waals surface area (Å²) in [6.07, 6.45) is 6.26. The van der Waals surface area contributed by atoms with E-state index in [1.54, 1.807) is 6.07 Å². The Morgan fingerprint density at radius 1 is 1.35 bits per heavy atom. The number of carbonyl (C=O) groups is 1. The standard InChI is InChI=1S/C15H22BrN3O/c16-11-6-7-12(15(18)20)13(8-11)19-14(9-17)10-4-2-1-3-5-10/h6-8,10,14,19H,1-5,9,17H2,(H2,18,20). The van der Waals surface area contributed by atoms with Crippen molar-refractivity contribution in [1.82, 2.24) is 0 Å². The third-order valence-electron chi connectivity index (χ3n) is 4.06. The summed E-state index contributed by atoms with van der Waals surface area (Å²) in [7, 11) is 0. The van der Waals surface area contributed by atoms with E-state index in [-0.39, 0.29) is 6.04 Å². The van der Waals surface area contributed by atoms with Crippen LogP contribution in [0.25, 0.3) is 0 Å². The van der Waals surface area contributed by atoms with E-state index in [1.807, 2.05) is 12.1 Å². The Balaban J connectivity index is 2.17. The summed E-state index contributed by atoms with van der Waals surface area (Å²) in [5.74, 6) is 0.160. The molecule has 1 unspecified atom stereocenters. The second kappa shape index (κ2) is 7.09. The summed E-state index contributed by atoms with van der Waals surface area (Å²) in [5.41, 5.74) is 12.6. The first-order chi connectivity index (χ1) is 9.61. The van der Waals surface area contributed by atoms with Gasteiger partial charge in [0.1, 0.15) is 0 Å². The molecule has 0 saturated heterocycles. The first kappa shape index (κ1) is 15.3. The molecule has 2 rings (SSSR count). The molecule has 20 heavy (non-hydrogen) atoms. The van der Waals surface area contributed by atoms with Gasteiger partial charge in [0.15, 0.2) is 0 Å². The molecule has 0 bridgehead atoms. The molecule has 110 valence electrons. The highest BCUT2D eigenvalue weighted by Gasteiger charge is 2.23. The molecule has 1 aliphatic rings. The normalized spacial score (nSPS) is 17.7. The Bertz CT molecular complexity index is 472. The Morgan fingerprint density at radius 3 is 2.65 bits per heavy atom. The van der Waals surface area contributed by atoms with Gasteiger partial charge in [0.05, 0.1) is 5.56 Å². The number of nitrogens with two attached hydrogens (primary N) is 2. The minimum Gasteiger partial charge on any atom is -0.380 e. The van der Waals surface area contributed by atoms with Crippen molar-refractivity contribution in [3.63, 3.8) is 0 Å². The van der Waals surface area contributed by atoms with Crippen LogP contribution in [0.5, 0.6) is 0 Å². The first-order valence-corrected chi connectivity index (χ1v) is 7.97. The number of primary amides is 1. The van der Waals surface area contributed by atoms with Crippen LogP contribution in [0.3, 0.4) is 0 Å². The number of halogens is 1. The number of amides is 1. The van der Waals surface area contributed by atoms with Gasteiger partial charge >= 0.3 is 0 Å². The molecule has 1 atom stereocenters. The van der Waals surface area contributed by atoms with E-state index in [1.165, 1.54) is 32.1 Å². The molecular formula is C15H22BrN3O. The molecule has 0 radical (unpaired) electrons. The number of benzene rings is 1. The topological polar surface area (TPSA) is 81.1 Å². The average Bonchev–Trinajstić information content (AvgIpc) is 2.45. The Labute approximate surface area is 128 Å². The molecule has 4 nitrogen and oxygen atoms in total. The molecule has 5 heteroatoms. The third-order valence-corrected chi connectivity index (χ3v) is 4.55. The maximum atomic E-state index is 11.5. The largest absolute Gasteiger partial charge is 0.380 e. The van der Waals surface area contributed by atoms with Crippen LogP contribution in [0.1, 0.15) is 42.5 Å². The van der Waals surface area contributed by atoms with E-state index in [0.717, 1.165) is 10.2 Å². The summed E-state index contributed by atoms with van der Waals surface area (Å²) in [6, 6.07) is 5.65. The van der Waals surface area contributed by atoms with Gasteiger partial charge in [-0.1, -0.05) is 35.2 Å². The zero-order valence-corrected chi connectivity index (χ0v) is 13.2. The molecule has 0 aromatic heterocycles. The predicted molar refractivity (Wildman–Crippen MR) is 85.7 cm³/mol. The van der Waals surface area contributed by atoms with Crippen molar-refractivity contribution in [2.75, 3.05) is 11.9 Å². The maximum absolute atomic E-state index is 11.5. The van der Waals surface area contributed by atoms with Crippen LogP contribution < -0.4 is 16.8 Å². The van der Waals surface area contributed by atoms with Gasteiger partial charge in [0.2, 0.25) is 0 Å². The zero-order valence-electron chi connectivity index (χ0n) is 11.6. The van der Waals surface area contributed by atoms with Crippen LogP contribution in [0.4, 0.5) is 5.69 Å². The van der Waals surface area contributed by atoms with Crippen molar-refractivity contribution < 1.29 is 4.79 Å². The minimum absolute atomic E-state index is 0.197. The van der Waals surface area contributed by atoms with Gasteiger partial charge in [0.25, 0.3) is 5.91 Å². The van der Waals surface area contributed by atoms with Crippen molar-refractivity contribution in [2.45, 2.75) is 38.1 Å². The molecule has 1 aromatic carbocycles. The lowest BCUT2D eigenvalue weighted by Gasteiger charge is -2.31. The number of anilines is 1. The van der Waals surface area contributed by atoms with Crippen molar-refractivity contribution in [2.24, 2.45) is 17.4 Å². The van der Waals surface area contributed by atoms with Gasteiger partial charge in [-0.2, -0.15) is 0 Å². The van der Waals surface area contributed by atoms with Gasteiger partial charge in [-0.25, -0.2) is 0 Å². The van der Waals surface area contributed by atoms with Crippen molar-refractivity contribution in [3.05, 3.63) is 28.2 Å². The molecule has 1 amide bonds. The SMILES string of the molecule is NCC(Nc1cc(Br)ccc1C(N)=O)C1CCCCC1. The van der Waals surface area contributed by atoms with Gasteiger partial charge in [-0.05, 0) is 37.0 Å². The fourth-order valence-electron chi connectivity index (χ4n) is 2.96. The number of carbonyl (C=O) groups excluding carboxylic acids is 1. The average molecular weight is 340 g/mol. The van der Waals surface area contributed by atoms with Crippen molar-refractivity contribution >= 4 is 27.5 Å². The lowest BCUT2D eigenvalue weighted by atomic mass is 9.83. The highest BCUT2D eigenvalue weighted by molar-refractivity contribution is 9.10. The number of hydrogen-bond acceptors (Lipinski definition) is 3.